The van der Waals surface area contributed by atoms with Gasteiger partial charge in [0.25, 0.3) is 0 Å². The fourth-order valence-corrected chi connectivity index (χ4v) is 2.91. The summed E-state index contributed by atoms with van der Waals surface area (Å²) in [6.07, 6.45) is -3.26. The molecule has 6 nitrogen and oxygen atoms in total. The number of pyridine rings is 1. The fourth-order valence-electron chi connectivity index (χ4n) is 1.89. The lowest BCUT2D eigenvalue weighted by Gasteiger charge is -2.09. The minimum atomic E-state index is -4.45. The van der Waals surface area contributed by atoms with Crippen LogP contribution in [0.4, 0.5) is 24.5 Å². The third-order valence-corrected chi connectivity index (χ3v) is 4.40. The number of amides is 2. The highest BCUT2D eigenvalue weighted by Crippen LogP contribution is 2.18. The molecule has 0 spiro atoms. The van der Waals surface area contributed by atoms with Gasteiger partial charge in [-0.15, -0.1) is 11.8 Å². The summed E-state index contributed by atoms with van der Waals surface area (Å²) in [4.78, 5) is 27.4. The Balaban J connectivity index is 1.70. The molecule has 28 heavy (non-hydrogen) atoms. The maximum atomic E-state index is 12.1. The maximum absolute atomic E-state index is 12.1. The first-order valence-electron chi connectivity index (χ1n) is 7.80. The normalized spacial score (nSPS) is 11.0. The molecule has 2 aromatic rings. The van der Waals surface area contributed by atoms with E-state index in [1.165, 1.54) is 18.3 Å². The Hall–Kier alpha value is -2.27. The number of rotatable bonds is 8. The van der Waals surface area contributed by atoms with Crippen LogP contribution in [0, 0.1) is 0 Å². The van der Waals surface area contributed by atoms with Gasteiger partial charge in [-0.2, -0.15) is 13.2 Å². The molecular formula is C17H15BrF3N3O3S. The lowest BCUT2D eigenvalue weighted by molar-refractivity contribution is -0.154. The molecule has 0 atom stereocenters. The molecule has 0 bridgehead atoms. The van der Waals surface area contributed by atoms with Crippen molar-refractivity contribution in [2.45, 2.75) is 6.18 Å². The summed E-state index contributed by atoms with van der Waals surface area (Å²) in [5.41, 5.74) is 0.951. The van der Waals surface area contributed by atoms with E-state index in [2.05, 4.69) is 36.3 Å². The van der Waals surface area contributed by atoms with E-state index >= 15 is 0 Å². The summed E-state index contributed by atoms with van der Waals surface area (Å²) in [5.74, 6) is -0.704. The van der Waals surface area contributed by atoms with Crippen molar-refractivity contribution in [3.63, 3.8) is 0 Å². The number of anilines is 2. The van der Waals surface area contributed by atoms with Gasteiger partial charge in [0.05, 0.1) is 23.4 Å². The fraction of sp³-hybridized carbons (Fsp3) is 0.235. The Kier molecular flexibility index (Phi) is 8.12. The standard InChI is InChI=1S/C17H15BrF3N3O3S/c18-11-2-1-3-12(6-11)23-14(25)8-28-9-15(26)24-13-4-5-16(22-7-13)27-10-17(19,20)21/h1-7H,8-10H2,(H,23,25)(H,24,26). The van der Waals surface area contributed by atoms with E-state index in [9.17, 15) is 22.8 Å². The molecule has 1 aromatic carbocycles. The van der Waals surface area contributed by atoms with Crippen LogP contribution in [-0.2, 0) is 9.59 Å². The Morgan fingerprint density at radius 3 is 2.32 bits per heavy atom. The van der Waals surface area contributed by atoms with Gasteiger partial charge in [-0.05, 0) is 24.3 Å². The molecule has 2 amide bonds. The first kappa shape index (κ1) is 22.0. The Bertz CT molecular complexity index is 819. The number of thioether (sulfide) groups is 1. The van der Waals surface area contributed by atoms with E-state index < -0.39 is 12.8 Å². The summed E-state index contributed by atoms with van der Waals surface area (Å²) in [6, 6.07) is 9.72. The van der Waals surface area contributed by atoms with Gasteiger partial charge < -0.3 is 15.4 Å². The summed E-state index contributed by atoms with van der Waals surface area (Å²) >= 11 is 4.42. The molecule has 1 aromatic heterocycles. The third kappa shape index (κ3) is 8.61. The number of benzene rings is 1. The van der Waals surface area contributed by atoms with Crippen LogP contribution in [0.15, 0.2) is 47.1 Å². The van der Waals surface area contributed by atoms with Crippen LogP contribution < -0.4 is 15.4 Å². The molecule has 0 radical (unpaired) electrons. The minimum absolute atomic E-state index is 0.0260. The lowest BCUT2D eigenvalue weighted by Crippen LogP contribution is -2.20. The van der Waals surface area contributed by atoms with Gasteiger partial charge in [0.15, 0.2) is 6.61 Å². The monoisotopic (exact) mass is 477 g/mol. The molecular weight excluding hydrogens is 463 g/mol. The number of halogens is 4. The van der Waals surface area contributed by atoms with Gasteiger partial charge in [0.2, 0.25) is 17.7 Å². The van der Waals surface area contributed by atoms with Crippen molar-refractivity contribution in [2.75, 3.05) is 28.7 Å². The smallest absolute Gasteiger partial charge is 0.422 e. The predicted molar refractivity (Wildman–Crippen MR) is 105 cm³/mol. The molecule has 1 heterocycles. The Labute approximate surface area is 171 Å². The van der Waals surface area contributed by atoms with Crippen LogP contribution in [-0.4, -0.2) is 41.1 Å². The highest BCUT2D eigenvalue weighted by atomic mass is 79.9. The number of carbonyl (C=O) groups excluding carboxylic acids is 2. The molecule has 0 saturated heterocycles. The van der Waals surface area contributed by atoms with Gasteiger partial charge >= 0.3 is 6.18 Å². The van der Waals surface area contributed by atoms with E-state index in [4.69, 9.17) is 0 Å². The van der Waals surface area contributed by atoms with Crippen molar-refractivity contribution in [2.24, 2.45) is 0 Å². The highest BCUT2D eigenvalue weighted by molar-refractivity contribution is 9.10. The molecule has 0 fully saturated rings. The molecule has 0 saturated carbocycles. The van der Waals surface area contributed by atoms with E-state index in [0.29, 0.717) is 11.4 Å². The van der Waals surface area contributed by atoms with Gasteiger partial charge in [-0.25, -0.2) is 4.98 Å². The summed E-state index contributed by atoms with van der Waals surface area (Å²) in [6.45, 7) is -1.44. The number of carbonyl (C=O) groups is 2. The second-order valence-corrected chi connectivity index (χ2v) is 7.29. The molecule has 150 valence electrons. The van der Waals surface area contributed by atoms with Crippen molar-refractivity contribution in [3.05, 3.63) is 47.1 Å². The number of nitrogens with zero attached hydrogens (tertiary/aromatic N) is 1. The quantitative estimate of drug-likeness (QED) is 0.598. The van der Waals surface area contributed by atoms with Crippen molar-refractivity contribution in [3.8, 4) is 5.88 Å². The summed E-state index contributed by atoms with van der Waals surface area (Å²) < 4.78 is 41.5. The molecule has 11 heteroatoms. The number of ether oxygens (including phenoxy) is 1. The van der Waals surface area contributed by atoms with Crippen LogP contribution in [0.2, 0.25) is 0 Å². The lowest BCUT2D eigenvalue weighted by atomic mass is 10.3. The first-order chi connectivity index (χ1) is 13.2. The van der Waals surface area contributed by atoms with Crippen LogP contribution in [0.25, 0.3) is 0 Å². The predicted octanol–water partition coefficient (Wildman–Crippen LogP) is 4.10. The van der Waals surface area contributed by atoms with Crippen LogP contribution in [0.3, 0.4) is 0 Å². The van der Waals surface area contributed by atoms with Crippen molar-refractivity contribution < 1.29 is 27.5 Å². The van der Waals surface area contributed by atoms with E-state index in [0.717, 1.165) is 16.2 Å². The SMILES string of the molecule is O=C(CSCC(=O)Nc1cccc(Br)c1)Nc1ccc(OCC(F)(F)F)nc1. The average molecular weight is 478 g/mol. The molecule has 2 N–H and O–H groups in total. The zero-order valence-electron chi connectivity index (χ0n) is 14.3. The number of hydrogen-bond donors (Lipinski definition) is 2. The highest BCUT2D eigenvalue weighted by Gasteiger charge is 2.28. The number of aromatic nitrogens is 1. The van der Waals surface area contributed by atoms with Crippen molar-refractivity contribution >= 4 is 50.9 Å². The topological polar surface area (TPSA) is 80.3 Å². The summed E-state index contributed by atoms with van der Waals surface area (Å²) in [7, 11) is 0. The Morgan fingerprint density at radius 2 is 1.75 bits per heavy atom. The van der Waals surface area contributed by atoms with E-state index in [1.807, 2.05) is 6.07 Å². The second kappa shape index (κ2) is 10.3. The van der Waals surface area contributed by atoms with Gasteiger partial charge in [-0.1, -0.05) is 22.0 Å². The molecule has 0 aliphatic heterocycles. The van der Waals surface area contributed by atoms with Crippen molar-refractivity contribution in [1.82, 2.24) is 4.98 Å². The summed E-state index contributed by atoms with van der Waals surface area (Å²) in [5, 5.41) is 5.24. The molecule has 0 aliphatic rings. The van der Waals surface area contributed by atoms with Crippen LogP contribution in [0.1, 0.15) is 0 Å². The maximum Gasteiger partial charge on any atom is 0.422 e. The van der Waals surface area contributed by atoms with Gasteiger partial charge in [0.1, 0.15) is 0 Å². The van der Waals surface area contributed by atoms with Gasteiger partial charge in [0, 0.05) is 16.2 Å². The van der Waals surface area contributed by atoms with Crippen LogP contribution >= 0.6 is 27.7 Å². The first-order valence-corrected chi connectivity index (χ1v) is 9.75. The molecule has 0 unspecified atom stereocenters. The zero-order valence-corrected chi connectivity index (χ0v) is 16.7. The molecule has 2 rings (SSSR count). The van der Waals surface area contributed by atoms with Crippen LogP contribution in [0.5, 0.6) is 5.88 Å². The van der Waals surface area contributed by atoms with E-state index in [-0.39, 0.29) is 29.2 Å². The average Bonchev–Trinajstić information content (AvgIpc) is 2.60. The number of hydrogen-bond acceptors (Lipinski definition) is 5. The largest absolute Gasteiger partial charge is 0.468 e. The molecule has 0 aliphatic carbocycles. The van der Waals surface area contributed by atoms with E-state index in [1.54, 1.807) is 18.2 Å². The minimum Gasteiger partial charge on any atom is -0.468 e. The number of nitrogens with one attached hydrogen (secondary N) is 2. The Morgan fingerprint density at radius 1 is 1.07 bits per heavy atom. The third-order valence-electron chi connectivity index (χ3n) is 2.98. The second-order valence-electron chi connectivity index (χ2n) is 5.39. The van der Waals surface area contributed by atoms with Crippen molar-refractivity contribution in [1.29, 1.82) is 0 Å². The zero-order chi connectivity index (χ0) is 20.6. The number of alkyl halides is 3. The van der Waals surface area contributed by atoms with Gasteiger partial charge in [-0.3, -0.25) is 9.59 Å².